The minimum atomic E-state index is -0.116. The number of aromatic nitrogens is 5. The Kier molecular flexibility index (Phi) is 4.37. The van der Waals surface area contributed by atoms with Gasteiger partial charge in [-0.05, 0) is 12.1 Å². The molecule has 0 atom stereocenters. The molecule has 24 heavy (non-hydrogen) atoms. The molecule has 1 N–H and O–H groups in total. The van der Waals surface area contributed by atoms with Gasteiger partial charge in [-0.3, -0.25) is 9.89 Å². The van der Waals surface area contributed by atoms with E-state index in [4.69, 9.17) is 4.52 Å². The first kappa shape index (κ1) is 15.9. The lowest BCUT2D eigenvalue weighted by Crippen LogP contribution is -2.26. The second-order valence-electron chi connectivity index (χ2n) is 5.78. The first-order chi connectivity index (χ1) is 11.5. The monoisotopic (exact) mass is 326 g/mol. The van der Waals surface area contributed by atoms with Crippen LogP contribution in [0, 0.1) is 0 Å². The molecule has 2 aromatic heterocycles. The molecule has 8 heteroatoms. The number of aromatic amines is 1. The van der Waals surface area contributed by atoms with Crippen molar-refractivity contribution in [3.8, 4) is 11.4 Å². The molecular weight excluding hydrogens is 308 g/mol. The number of nitrogens with zero attached hydrogens (tertiary/aromatic N) is 5. The highest BCUT2D eigenvalue weighted by Crippen LogP contribution is 2.16. The summed E-state index contributed by atoms with van der Waals surface area (Å²) in [5, 5.41) is 10.5. The van der Waals surface area contributed by atoms with Crippen molar-refractivity contribution in [1.29, 1.82) is 0 Å². The van der Waals surface area contributed by atoms with Crippen LogP contribution in [0.5, 0.6) is 0 Å². The van der Waals surface area contributed by atoms with E-state index in [-0.39, 0.29) is 11.8 Å². The third-order valence-electron chi connectivity index (χ3n) is 3.52. The van der Waals surface area contributed by atoms with Gasteiger partial charge in [0, 0.05) is 24.1 Å². The van der Waals surface area contributed by atoms with Gasteiger partial charge in [0.25, 0.3) is 5.91 Å². The van der Waals surface area contributed by atoms with Gasteiger partial charge < -0.3 is 9.42 Å². The Morgan fingerprint density at radius 1 is 1.29 bits per heavy atom. The summed E-state index contributed by atoms with van der Waals surface area (Å²) in [6.45, 7) is 4.24. The van der Waals surface area contributed by atoms with Gasteiger partial charge >= 0.3 is 0 Å². The van der Waals surface area contributed by atoms with E-state index in [1.54, 1.807) is 24.1 Å². The summed E-state index contributed by atoms with van der Waals surface area (Å²) < 4.78 is 5.15. The SMILES string of the molecule is CC(C)c1nc(CN(C)C(=O)c2ccc(-c3ncn[nH]3)cc2)no1. The second-order valence-corrected chi connectivity index (χ2v) is 5.78. The van der Waals surface area contributed by atoms with Crippen molar-refractivity contribution >= 4 is 5.91 Å². The highest BCUT2D eigenvalue weighted by atomic mass is 16.5. The van der Waals surface area contributed by atoms with Crippen LogP contribution in [-0.4, -0.2) is 43.2 Å². The van der Waals surface area contributed by atoms with Crippen LogP contribution in [0.15, 0.2) is 35.1 Å². The number of hydrogen-bond acceptors (Lipinski definition) is 6. The van der Waals surface area contributed by atoms with Gasteiger partial charge in [0.15, 0.2) is 11.6 Å². The van der Waals surface area contributed by atoms with Crippen LogP contribution in [0.25, 0.3) is 11.4 Å². The van der Waals surface area contributed by atoms with E-state index < -0.39 is 0 Å². The molecule has 0 radical (unpaired) electrons. The van der Waals surface area contributed by atoms with E-state index in [2.05, 4.69) is 25.3 Å². The predicted molar refractivity (Wildman–Crippen MR) is 86.0 cm³/mol. The van der Waals surface area contributed by atoms with Gasteiger partial charge in [-0.2, -0.15) is 10.1 Å². The molecule has 0 aliphatic carbocycles. The Bertz CT molecular complexity index is 807. The van der Waals surface area contributed by atoms with Crippen molar-refractivity contribution in [3.63, 3.8) is 0 Å². The summed E-state index contributed by atoms with van der Waals surface area (Å²) in [5.74, 6) is 1.77. The number of nitrogens with one attached hydrogen (secondary N) is 1. The lowest BCUT2D eigenvalue weighted by atomic mass is 10.1. The minimum absolute atomic E-state index is 0.116. The highest BCUT2D eigenvalue weighted by molar-refractivity contribution is 5.94. The molecule has 1 aromatic carbocycles. The van der Waals surface area contributed by atoms with Crippen molar-refractivity contribution in [3.05, 3.63) is 47.9 Å². The quantitative estimate of drug-likeness (QED) is 0.771. The Morgan fingerprint density at radius 3 is 2.62 bits per heavy atom. The van der Waals surface area contributed by atoms with E-state index in [0.717, 1.165) is 5.56 Å². The molecule has 0 bridgehead atoms. The summed E-state index contributed by atoms with van der Waals surface area (Å²) in [6.07, 6.45) is 1.44. The smallest absolute Gasteiger partial charge is 0.254 e. The third kappa shape index (κ3) is 3.32. The molecule has 0 unspecified atom stereocenters. The number of H-pyrrole nitrogens is 1. The molecule has 0 spiro atoms. The molecule has 124 valence electrons. The molecule has 0 fully saturated rings. The van der Waals surface area contributed by atoms with E-state index in [1.807, 2.05) is 26.0 Å². The van der Waals surface area contributed by atoms with E-state index in [1.165, 1.54) is 6.33 Å². The first-order valence-corrected chi connectivity index (χ1v) is 7.58. The maximum atomic E-state index is 12.5. The zero-order valence-corrected chi connectivity index (χ0v) is 13.7. The van der Waals surface area contributed by atoms with E-state index in [9.17, 15) is 4.79 Å². The summed E-state index contributed by atoms with van der Waals surface area (Å²) in [6, 6.07) is 7.17. The maximum Gasteiger partial charge on any atom is 0.254 e. The zero-order valence-electron chi connectivity index (χ0n) is 13.7. The average Bonchev–Trinajstić information content (AvgIpc) is 3.26. The average molecular weight is 326 g/mol. The van der Waals surface area contributed by atoms with Crippen molar-refractivity contribution in [2.45, 2.75) is 26.3 Å². The minimum Gasteiger partial charge on any atom is -0.339 e. The Morgan fingerprint density at radius 2 is 2.04 bits per heavy atom. The molecule has 0 saturated carbocycles. The second kappa shape index (κ2) is 6.61. The van der Waals surface area contributed by atoms with Crippen molar-refractivity contribution in [2.24, 2.45) is 0 Å². The fraction of sp³-hybridized carbons (Fsp3) is 0.312. The fourth-order valence-electron chi connectivity index (χ4n) is 2.19. The van der Waals surface area contributed by atoms with Crippen LogP contribution < -0.4 is 0 Å². The number of amides is 1. The van der Waals surface area contributed by atoms with Gasteiger partial charge in [0.2, 0.25) is 5.89 Å². The van der Waals surface area contributed by atoms with Crippen molar-refractivity contribution in [1.82, 2.24) is 30.2 Å². The number of carbonyl (C=O) groups excluding carboxylic acids is 1. The Balaban J connectivity index is 1.68. The zero-order chi connectivity index (χ0) is 17.1. The number of benzene rings is 1. The van der Waals surface area contributed by atoms with Crippen LogP contribution >= 0.6 is 0 Å². The van der Waals surface area contributed by atoms with Crippen LogP contribution in [-0.2, 0) is 6.54 Å². The normalized spacial score (nSPS) is 11.0. The molecular formula is C16H18N6O2. The highest BCUT2D eigenvalue weighted by Gasteiger charge is 2.16. The number of carbonyl (C=O) groups is 1. The molecule has 3 aromatic rings. The predicted octanol–water partition coefficient (Wildman–Crippen LogP) is 2.25. The molecule has 1 amide bonds. The Hall–Kier alpha value is -3.03. The topological polar surface area (TPSA) is 101 Å². The molecule has 8 nitrogen and oxygen atoms in total. The molecule has 2 heterocycles. The van der Waals surface area contributed by atoms with Gasteiger partial charge in [0.1, 0.15) is 6.33 Å². The summed E-state index contributed by atoms with van der Waals surface area (Å²) in [4.78, 5) is 22.4. The van der Waals surface area contributed by atoms with Crippen LogP contribution in [0.1, 0.15) is 41.8 Å². The van der Waals surface area contributed by atoms with Gasteiger partial charge in [-0.25, -0.2) is 4.98 Å². The summed E-state index contributed by atoms with van der Waals surface area (Å²) in [5.41, 5.74) is 1.44. The lowest BCUT2D eigenvalue weighted by Gasteiger charge is -2.15. The van der Waals surface area contributed by atoms with Crippen LogP contribution in [0.4, 0.5) is 0 Å². The molecule has 0 saturated heterocycles. The largest absolute Gasteiger partial charge is 0.339 e. The van der Waals surface area contributed by atoms with E-state index >= 15 is 0 Å². The third-order valence-corrected chi connectivity index (χ3v) is 3.52. The van der Waals surface area contributed by atoms with E-state index in [0.29, 0.717) is 29.6 Å². The molecule has 3 rings (SSSR count). The first-order valence-electron chi connectivity index (χ1n) is 7.58. The van der Waals surface area contributed by atoms with Gasteiger partial charge in [0.05, 0.1) is 6.54 Å². The van der Waals surface area contributed by atoms with Gasteiger partial charge in [-0.1, -0.05) is 31.1 Å². The molecule has 0 aliphatic heterocycles. The van der Waals surface area contributed by atoms with Crippen molar-refractivity contribution < 1.29 is 9.32 Å². The fourth-order valence-corrected chi connectivity index (χ4v) is 2.19. The number of hydrogen-bond donors (Lipinski definition) is 1. The maximum absolute atomic E-state index is 12.5. The van der Waals surface area contributed by atoms with Gasteiger partial charge in [-0.15, -0.1) is 0 Å². The lowest BCUT2D eigenvalue weighted by molar-refractivity contribution is 0.0780. The Labute approximate surface area is 138 Å². The van der Waals surface area contributed by atoms with Crippen LogP contribution in [0.3, 0.4) is 0 Å². The standard InChI is InChI=1S/C16H18N6O2/c1-10(2)15-19-13(21-24-15)8-22(3)16(23)12-6-4-11(5-7-12)14-17-9-18-20-14/h4-7,9-10H,8H2,1-3H3,(H,17,18,20). The number of rotatable bonds is 5. The summed E-state index contributed by atoms with van der Waals surface area (Å²) in [7, 11) is 1.71. The van der Waals surface area contributed by atoms with Crippen LogP contribution in [0.2, 0.25) is 0 Å². The molecule has 0 aliphatic rings. The summed E-state index contributed by atoms with van der Waals surface area (Å²) >= 11 is 0. The van der Waals surface area contributed by atoms with Crippen molar-refractivity contribution in [2.75, 3.05) is 7.05 Å².